The van der Waals surface area contributed by atoms with E-state index in [0.29, 0.717) is 17.7 Å². The third kappa shape index (κ3) is 3.43. The summed E-state index contributed by atoms with van der Waals surface area (Å²) in [7, 11) is 0. The molecule has 5 atom stereocenters. The van der Waals surface area contributed by atoms with Gasteiger partial charge in [0.25, 0.3) is 0 Å². The summed E-state index contributed by atoms with van der Waals surface area (Å²) in [5.41, 5.74) is 1.46. The SMILES string of the molecule is CCNC(=O)Nc1ncnc2c1ncn2C1OC(C(=O)O)C2O[C@@H](c3ccccc3)OC21. The molecule has 1 aromatic carbocycles. The minimum Gasteiger partial charge on any atom is -0.479 e. The highest BCUT2D eigenvalue weighted by Gasteiger charge is 2.56. The Morgan fingerprint density at radius 1 is 1.09 bits per heavy atom. The standard InChI is InChI=1S/C20H20N6O6/c1-2-21-20(29)25-15-11-16(23-8-22-15)26(9-24-11)17-13-12(14(30-17)18(27)28)31-19(32-13)10-6-4-3-5-7-10/h3-9,12-14,17,19H,2H2,1H3,(H,27,28)(H2,21,22,23,25,29)/t12?,13?,14?,17?,19-/m1/s1. The average molecular weight is 440 g/mol. The lowest BCUT2D eigenvalue weighted by atomic mass is 10.1. The number of carbonyl (C=O) groups excluding carboxylic acids is 1. The van der Waals surface area contributed by atoms with Crippen LogP contribution in [0.1, 0.15) is 25.0 Å². The summed E-state index contributed by atoms with van der Waals surface area (Å²) >= 11 is 0. The molecule has 4 unspecified atom stereocenters. The fourth-order valence-corrected chi connectivity index (χ4v) is 3.88. The van der Waals surface area contributed by atoms with Crippen LogP contribution < -0.4 is 10.6 Å². The molecule has 3 N–H and O–H groups in total. The van der Waals surface area contributed by atoms with Crippen LogP contribution in [0.2, 0.25) is 0 Å². The Hall–Kier alpha value is -3.61. The van der Waals surface area contributed by atoms with E-state index in [0.717, 1.165) is 5.56 Å². The summed E-state index contributed by atoms with van der Waals surface area (Å²) in [6.45, 7) is 2.24. The van der Waals surface area contributed by atoms with Crippen molar-refractivity contribution < 1.29 is 28.9 Å². The maximum atomic E-state index is 11.9. The molecule has 0 saturated carbocycles. The van der Waals surface area contributed by atoms with Crippen molar-refractivity contribution >= 4 is 29.0 Å². The predicted molar refractivity (Wildman–Crippen MR) is 108 cm³/mol. The van der Waals surface area contributed by atoms with Gasteiger partial charge in [0.05, 0.1) is 6.33 Å². The maximum absolute atomic E-state index is 11.9. The smallest absolute Gasteiger partial charge is 0.335 e. The lowest BCUT2D eigenvalue weighted by Gasteiger charge is -2.20. The molecular weight excluding hydrogens is 420 g/mol. The summed E-state index contributed by atoms with van der Waals surface area (Å²) in [5.74, 6) is -0.938. The van der Waals surface area contributed by atoms with Crippen LogP contribution in [-0.4, -0.2) is 61.5 Å². The molecule has 3 aromatic rings. The van der Waals surface area contributed by atoms with Crippen LogP contribution in [0.4, 0.5) is 10.6 Å². The number of aromatic nitrogens is 4. The molecule has 2 aromatic heterocycles. The van der Waals surface area contributed by atoms with Crippen molar-refractivity contribution in [3.8, 4) is 0 Å². The first-order valence-corrected chi connectivity index (χ1v) is 10.0. The lowest BCUT2D eigenvalue weighted by molar-refractivity contribution is -0.173. The number of amides is 2. The van der Waals surface area contributed by atoms with Gasteiger partial charge < -0.3 is 24.6 Å². The summed E-state index contributed by atoms with van der Waals surface area (Å²) in [6, 6.07) is 8.83. The van der Waals surface area contributed by atoms with Crippen LogP contribution in [0.5, 0.6) is 0 Å². The number of urea groups is 1. The fourth-order valence-electron chi connectivity index (χ4n) is 3.88. The van der Waals surface area contributed by atoms with E-state index in [1.54, 1.807) is 11.5 Å². The van der Waals surface area contributed by atoms with Gasteiger partial charge in [-0.25, -0.2) is 24.5 Å². The molecule has 2 amide bonds. The van der Waals surface area contributed by atoms with Crippen molar-refractivity contribution in [1.82, 2.24) is 24.8 Å². The number of hydrogen-bond acceptors (Lipinski definition) is 8. The Bertz CT molecular complexity index is 1150. The maximum Gasteiger partial charge on any atom is 0.335 e. The summed E-state index contributed by atoms with van der Waals surface area (Å²) < 4.78 is 19.4. The molecule has 12 nitrogen and oxygen atoms in total. The largest absolute Gasteiger partial charge is 0.479 e. The number of rotatable bonds is 5. The first-order chi connectivity index (χ1) is 15.6. The zero-order chi connectivity index (χ0) is 22.2. The summed E-state index contributed by atoms with van der Waals surface area (Å²) in [5, 5.41) is 14.9. The van der Waals surface area contributed by atoms with Gasteiger partial charge in [-0.05, 0) is 6.92 Å². The Labute approximate surface area is 181 Å². The Morgan fingerprint density at radius 3 is 2.62 bits per heavy atom. The van der Waals surface area contributed by atoms with Crippen molar-refractivity contribution in [2.45, 2.75) is 37.8 Å². The summed E-state index contributed by atoms with van der Waals surface area (Å²) in [6.07, 6.45) is -1.62. The molecule has 0 bridgehead atoms. The van der Waals surface area contributed by atoms with Gasteiger partial charge in [-0.1, -0.05) is 30.3 Å². The number of carboxylic acid groups (broad SMARTS) is 1. The number of carbonyl (C=O) groups is 2. The molecular formula is C20H20N6O6. The highest BCUT2D eigenvalue weighted by atomic mass is 16.8. The van der Waals surface area contributed by atoms with E-state index in [1.165, 1.54) is 12.7 Å². The van der Waals surface area contributed by atoms with Crippen molar-refractivity contribution in [3.63, 3.8) is 0 Å². The Balaban J connectivity index is 1.47. The highest BCUT2D eigenvalue weighted by Crippen LogP contribution is 2.44. The van der Waals surface area contributed by atoms with E-state index in [2.05, 4.69) is 25.6 Å². The fraction of sp³-hybridized carbons (Fsp3) is 0.350. The monoisotopic (exact) mass is 440 g/mol. The van der Waals surface area contributed by atoms with Gasteiger partial charge in [0, 0.05) is 12.1 Å². The number of benzene rings is 1. The first-order valence-electron chi connectivity index (χ1n) is 10.0. The number of anilines is 1. The van der Waals surface area contributed by atoms with Crippen molar-refractivity contribution in [2.24, 2.45) is 0 Å². The molecule has 0 radical (unpaired) electrons. The van der Waals surface area contributed by atoms with Crippen molar-refractivity contribution in [2.75, 3.05) is 11.9 Å². The second kappa shape index (κ2) is 8.15. The molecule has 2 saturated heterocycles. The second-order valence-electron chi connectivity index (χ2n) is 7.26. The normalized spacial score (nSPS) is 26.7. The minimum absolute atomic E-state index is 0.217. The van der Waals surface area contributed by atoms with E-state index in [1.807, 2.05) is 30.3 Å². The van der Waals surface area contributed by atoms with Crippen molar-refractivity contribution in [1.29, 1.82) is 0 Å². The zero-order valence-electron chi connectivity index (χ0n) is 16.9. The van der Waals surface area contributed by atoms with Gasteiger partial charge in [-0.2, -0.15) is 0 Å². The van der Waals surface area contributed by atoms with Gasteiger partial charge >= 0.3 is 12.0 Å². The molecule has 12 heteroatoms. The van der Waals surface area contributed by atoms with E-state index >= 15 is 0 Å². The molecule has 0 spiro atoms. The van der Waals surface area contributed by atoms with Crippen LogP contribution in [0.25, 0.3) is 11.2 Å². The molecule has 0 aliphatic carbocycles. The second-order valence-corrected chi connectivity index (χ2v) is 7.26. The Morgan fingerprint density at radius 2 is 1.88 bits per heavy atom. The van der Waals surface area contributed by atoms with Crippen molar-refractivity contribution in [3.05, 3.63) is 48.5 Å². The Kier molecular flexibility index (Phi) is 5.17. The van der Waals surface area contributed by atoms with Gasteiger partial charge in [0.2, 0.25) is 0 Å². The average Bonchev–Trinajstić information content (AvgIpc) is 3.48. The van der Waals surface area contributed by atoms with E-state index in [-0.39, 0.29) is 5.82 Å². The number of hydrogen-bond donors (Lipinski definition) is 3. The van der Waals surface area contributed by atoms with Crippen LogP contribution in [0, 0.1) is 0 Å². The van der Waals surface area contributed by atoms with E-state index in [4.69, 9.17) is 14.2 Å². The number of imidazole rings is 1. The molecule has 5 rings (SSSR count). The quantitative estimate of drug-likeness (QED) is 0.535. The number of nitrogens with zero attached hydrogens (tertiary/aromatic N) is 4. The number of ether oxygens (including phenoxy) is 3. The zero-order valence-corrected chi connectivity index (χ0v) is 16.9. The number of carboxylic acids is 1. The van der Waals surface area contributed by atoms with E-state index < -0.39 is 42.8 Å². The van der Waals surface area contributed by atoms with Crippen LogP contribution in [0.15, 0.2) is 43.0 Å². The van der Waals surface area contributed by atoms with Crippen LogP contribution in [-0.2, 0) is 19.0 Å². The van der Waals surface area contributed by atoms with Gasteiger partial charge in [0.15, 0.2) is 35.6 Å². The first kappa shape index (κ1) is 20.3. The molecule has 32 heavy (non-hydrogen) atoms. The van der Waals surface area contributed by atoms with Crippen LogP contribution in [0.3, 0.4) is 0 Å². The predicted octanol–water partition coefficient (Wildman–Crippen LogP) is 1.43. The lowest BCUT2D eigenvalue weighted by Crippen LogP contribution is -2.34. The van der Waals surface area contributed by atoms with Gasteiger partial charge in [-0.3, -0.25) is 9.88 Å². The third-order valence-electron chi connectivity index (χ3n) is 5.27. The third-order valence-corrected chi connectivity index (χ3v) is 5.27. The number of aliphatic carboxylic acids is 1. The van der Waals surface area contributed by atoms with Crippen LogP contribution >= 0.6 is 0 Å². The highest BCUT2D eigenvalue weighted by molar-refractivity contribution is 5.95. The van der Waals surface area contributed by atoms with E-state index in [9.17, 15) is 14.7 Å². The van der Waals surface area contributed by atoms with Gasteiger partial charge in [-0.15, -0.1) is 0 Å². The number of nitrogens with one attached hydrogen (secondary N) is 2. The molecule has 4 heterocycles. The summed E-state index contributed by atoms with van der Waals surface area (Å²) in [4.78, 5) is 36.4. The molecule has 2 aliphatic rings. The molecule has 166 valence electrons. The topological polar surface area (TPSA) is 150 Å². The van der Waals surface area contributed by atoms with Gasteiger partial charge in [0.1, 0.15) is 18.5 Å². The number of fused-ring (bicyclic) bond motifs is 2. The minimum atomic E-state index is -1.23. The molecule has 2 fully saturated rings. The molecule has 2 aliphatic heterocycles.